The van der Waals surface area contributed by atoms with Gasteiger partial charge in [-0.25, -0.2) is 0 Å². The second kappa shape index (κ2) is 7.93. The number of benzene rings is 2. The molecule has 2 N–H and O–H groups in total. The van der Waals surface area contributed by atoms with Crippen LogP contribution in [-0.4, -0.2) is 18.2 Å². The van der Waals surface area contributed by atoms with Gasteiger partial charge in [0.05, 0.1) is 12.1 Å². The lowest BCUT2D eigenvalue weighted by molar-refractivity contribution is -0.117. The number of carbonyl (C=O) groups is 1. The minimum atomic E-state index is -0.641. The molecule has 134 valence electrons. The Morgan fingerprint density at radius 2 is 1.96 bits per heavy atom. The van der Waals surface area contributed by atoms with Gasteiger partial charge in [-0.2, -0.15) is 0 Å². The molecule has 0 unspecified atom stereocenters. The molecule has 3 rings (SSSR count). The normalized spacial score (nSPS) is 11.7. The third-order valence-electron chi connectivity index (χ3n) is 3.74. The number of anilines is 2. The van der Waals surface area contributed by atoms with Crippen LogP contribution in [0, 0.1) is 6.92 Å². The van der Waals surface area contributed by atoms with E-state index in [9.17, 15) is 4.79 Å². The summed E-state index contributed by atoms with van der Waals surface area (Å²) in [6.45, 7) is 1.76. The highest BCUT2D eigenvalue weighted by Crippen LogP contribution is 2.29. The van der Waals surface area contributed by atoms with E-state index in [1.165, 1.54) is 0 Å². The third-order valence-corrected chi connectivity index (χ3v) is 4.03. The Kier molecular flexibility index (Phi) is 5.43. The highest BCUT2D eigenvalue weighted by atomic mass is 35.5. The average Bonchev–Trinajstić information content (AvgIpc) is 3.05. The van der Waals surface area contributed by atoms with Crippen molar-refractivity contribution in [3.05, 3.63) is 70.9 Å². The summed E-state index contributed by atoms with van der Waals surface area (Å²) in [5, 5.41) is 10.2. The molecule has 0 radical (unpaired) electrons. The van der Waals surface area contributed by atoms with Crippen LogP contribution in [0.3, 0.4) is 0 Å². The van der Waals surface area contributed by atoms with Crippen molar-refractivity contribution in [2.45, 2.75) is 13.0 Å². The van der Waals surface area contributed by atoms with Gasteiger partial charge < -0.3 is 19.9 Å². The Labute approximate surface area is 156 Å². The molecule has 2 aromatic carbocycles. The molecule has 0 saturated heterocycles. The number of hydrogen-bond acceptors (Lipinski definition) is 5. The maximum atomic E-state index is 12.8. The van der Waals surface area contributed by atoms with E-state index in [4.69, 9.17) is 20.9 Å². The molecule has 0 aliphatic heterocycles. The zero-order valence-corrected chi connectivity index (χ0v) is 15.1. The lowest BCUT2D eigenvalue weighted by Crippen LogP contribution is -2.27. The molecule has 1 aromatic heterocycles. The van der Waals surface area contributed by atoms with Crippen molar-refractivity contribution in [2.24, 2.45) is 0 Å². The van der Waals surface area contributed by atoms with Crippen molar-refractivity contribution in [2.75, 3.05) is 17.7 Å². The summed E-state index contributed by atoms with van der Waals surface area (Å²) in [5.41, 5.74) is 1.49. The van der Waals surface area contributed by atoms with Gasteiger partial charge in [0.2, 0.25) is 0 Å². The van der Waals surface area contributed by atoms with Crippen molar-refractivity contribution in [1.29, 1.82) is 0 Å². The zero-order chi connectivity index (χ0) is 18.5. The molecule has 1 atom stereocenters. The fraction of sp³-hybridized carbons (Fsp3) is 0.158. The molecule has 26 heavy (non-hydrogen) atoms. The largest absolute Gasteiger partial charge is 0.495 e. The molecule has 0 aliphatic rings. The second-order valence-electron chi connectivity index (χ2n) is 5.65. The number of ether oxygens (including phenoxy) is 1. The number of aryl methyl sites for hydroxylation is 1. The first-order valence-electron chi connectivity index (χ1n) is 7.96. The Balaban J connectivity index is 1.86. The van der Waals surface area contributed by atoms with Crippen molar-refractivity contribution in [1.82, 2.24) is 5.16 Å². The molecular weight excluding hydrogens is 354 g/mol. The quantitative estimate of drug-likeness (QED) is 0.670. The third kappa shape index (κ3) is 4.15. The second-order valence-corrected chi connectivity index (χ2v) is 6.06. The summed E-state index contributed by atoms with van der Waals surface area (Å²) in [7, 11) is 1.55. The van der Waals surface area contributed by atoms with Crippen LogP contribution in [-0.2, 0) is 4.79 Å². The summed E-state index contributed by atoms with van der Waals surface area (Å²) in [6, 6.07) is 15.7. The van der Waals surface area contributed by atoms with Gasteiger partial charge in [0.1, 0.15) is 17.6 Å². The van der Waals surface area contributed by atoms with Gasteiger partial charge in [0.15, 0.2) is 5.82 Å². The van der Waals surface area contributed by atoms with E-state index in [1.807, 2.05) is 30.3 Å². The molecule has 0 aliphatic carbocycles. The van der Waals surface area contributed by atoms with Crippen LogP contribution in [0.15, 0.2) is 59.1 Å². The summed E-state index contributed by atoms with van der Waals surface area (Å²) in [6.07, 6.45) is 0. The van der Waals surface area contributed by atoms with Crippen molar-refractivity contribution in [3.8, 4) is 5.75 Å². The SMILES string of the molecule is COc1ccc(N[C@@H](C(=O)Nc2cc(C)on2)c2ccccc2)cc1Cl. The number of nitrogens with zero attached hydrogens (tertiary/aromatic N) is 1. The maximum absolute atomic E-state index is 12.8. The average molecular weight is 372 g/mol. The molecule has 7 heteroatoms. The minimum Gasteiger partial charge on any atom is -0.495 e. The van der Waals surface area contributed by atoms with Gasteiger partial charge in [-0.1, -0.05) is 47.1 Å². The van der Waals surface area contributed by atoms with Gasteiger partial charge in [0.25, 0.3) is 5.91 Å². The number of amides is 1. The van der Waals surface area contributed by atoms with Gasteiger partial charge in [-0.3, -0.25) is 4.79 Å². The Hall–Kier alpha value is -2.99. The van der Waals surface area contributed by atoms with E-state index in [0.717, 1.165) is 5.56 Å². The van der Waals surface area contributed by atoms with Crippen LogP contribution in [0.4, 0.5) is 11.5 Å². The Morgan fingerprint density at radius 1 is 1.19 bits per heavy atom. The summed E-state index contributed by atoms with van der Waals surface area (Å²) in [4.78, 5) is 12.8. The Bertz CT molecular complexity index is 896. The van der Waals surface area contributed by atoms with Crippen molar-refractivity contribution < 1.29 is 14.1 Å². The van der Waals surface area contributed by atoms with Gasteiger partial charge >= 0.3 is 0 Å². The van der Waals surface area contributed by atoms with Gasteiger partial charge in [0, 0.05) is 11.8 Å². The topological polar surface area (TPSA) is 76.4 Å². The fourth-order valence-corrected chi connectivity index (χ4v) is 2.75. The molecule has 0 bridgehead atoms. The number of methoxy groups -OCH3 is 1. The van der Waals surface area contributed by atoms with Gasteiger partial charge in [-0.15, -0.1) is 0 Å². The van der Waals surface area contributed by atoms with E-state index < -0.39 is 6.04 Å². The molecule has 0 spiro atoms. The minimum absolute atomic E-state index is 0.267. The smallest absolute Gasteiger partial charge is 0.252 e. The van der Waals surface area contributed by atoms with Crippen molar-refractivity contribution in [3.63, 3.8) is 0 Å². The van der Waals surface area contributed by atoms with Crippen LogP contribution in [0.1, 0.15) is 17.4 Å². The maximum Gasteiger partial charge on any atom is 0.252 e. The fourth-order valence-electron chi connectivity index (χ4n) is 2.49. The first kappa shape index (κ1) is 17.8. The summed E-state index contributed by atoms with van der Waals surface area (Å²) >= 11 is 6.18. The van der Waals surface area contributed by atoms with E-state index in [1.54, 1.807) is 38.3 Å². The van der Waals surface area contributed by atoms with Crippen LogP contribution in [0.5, 0.6) is 5.75 Å². The zero-order valence-electron chi connectivity index (χ0n) is 14.3. The molecule has 1 amide bonds. The predicted octanol–water partition coefficient (Wildman–Crippen LogP) is 4.44. The predicted molar refractivity (Wildman–Crippen MR) is 101 cm³/mol. The first-order valence-corrected chi connectivity index (χ1v) is 8.34. The van der Waals surface area contributed by atoms with Crippen LogP contribution in [0.2, 0.25) is 5.02 Å². The summed E-state index contributed by atoms with van der Waals surface area (Å²) in [5.74, 6) is 1.28. The standard InChI is InChI=1S/C19H18ClN3O3/c1-12-10-17(23-26-12)22-19(24)18(13-6-4-3-5-7-13)21-14-8-9-16(25-2)15(20)11-14/h3-11,18,21H,1-2H3,(H,22,23,24)/t18-/m1/s1. The Morgan fingerprint density at radius 3 is 2.58 bits per heavy atom. The number of halogens is 1. The molecule has 3 aromatic rings. The van der Waals surface area contributed by atoms with E-state index in [2.05, 4.69) is 15.8 Å². The molecular formula is C19H18ClN3O3. The van der Waals surface area contributed by atoms with Crippen LogP contribution in [0.25, 0.3) is 0 Å². The van der Waals surface area contributed by atoms with E-state index >= 15 is 0 Å². The number of hydrogen-bond donors (Lipinski definition) is 2. The van der Waals surface area contributed by atoms with E-state index in [-0.39, 0.29) is 5.91 Å². The highest BCUT2D eigenvalue weighted by molar-refractivity contribution is 6.32. The number of rotatable bonds is 6. The van der Waals surface area contributed by atoms with Crippen molar-refractivity contribution >= 4 is 29.0 Å². The summed E-state index contributed by atoms with van der Waals surface area (Å²) < 4.78 is 10.2. The first-order chi connectivity index (χ1) is 12.6. The van der Waals surface area contributed by atoms with Crippen LogP contribution < -0.4 is 15.4 Å². The number of aromatic nitrogens is 1. The molecule has 0 saturated carbocycles. The van der Waals surface area contributed by atoms with Crippen LogP contribution >= 0.6 is 11.6 Å². The molecule has 1 heterocycles. The molecule has 0 fully saturated rings. The number of nitrogens with one attached hydrogen (secondary N) is 2. The number of carbonyl (C=O) groups excluding carboxylic acids is 1. The molecule has 6 nitrogen and oxygen atoms in total. The lowest BCUT2D eigenvalue weighted by atomic mass is 10.1. The lowest BCUT2D eigenvalue weighted by Gasteiger charge is -2.20. The highest BCUT2D eigenvalue weighted by Gasteiger charge is 2.22. The van der Waals surface area contributed by atoms with Gasteiger partial charge in [-0.05, 0) is 30.7 Å². The monoisotopic (exact) mass is 371 g/mol. The van der Waals surface area contributed by atoms with E-state index in [0.29, 0.717) is 28.0 Å².